The van der Waals surface area contributed by atoms with E-state index in [4.69, 9.17) is 16.3 Å². The highest BCUT2D eigenvalue weighted by Gasteiger charge is 2.29. The van der Waals surface area contributed by atoms with Crippen molar-refractivity contribution in [2.45, 2.75) is 12.5 Å². The van der Waals surface area contributed by atoms with Gasteiger partial charge in [0, 0.05) is 18.8 Å². The Kier molecular flexibility index (Phi) is 4.84. The van der Waals surface area contributed by atoms with Crippen LogP contribution in [0.4, 0.5) is 0 Å². The van der Waals surface area contributed by atoms with Crippen molar-refractivity contribution >= 4 is 23.5 Å². The zero-order valence-corrected chi connectivity index (χ0v) is 9.33. The van der Waals surface area contributed by atoms with Crippen LogP contribution in [-0.2, 0) is 19.1 Å². The summed E-state index contributed by atoms with van der Waals surface area (Å²) in [4.78, 5) is 24.2. The maximum Gasteiger partial charge on any atom is 0.336 e. The van der Waals surface area contributed by atoms with Crippen LogP contribution in [0.25, 0.3) is 0 Å². The summed E-state index contributed by atoms with van der Waals surface area (Å²) in [5, 5.41) is 0. The van der Waals surface area contributed by atoms with Crippen molar-refractivity contribution in [3.05, 3.63) is 0 Å². The fourth-order valence-corrected chi connectivity index (χ4v) is 1.55. The molecule has 1 unspecified atom stereocenters. The van der Waals surface area contributed by atoms with Gasteiger partial charge in [0.15, 0.2) is 6.10 Å². The number of rotatable bonds is 3. The molecule has 0 aromatic rings. The Morgan fingerprint density at radius 3 is 2.93 bits per heavy atom. The number of esters is 1. The van der Waals surface area contributed by atoms with E-state index in [9.17, 15) is 9.59 Å². The number of amides is 1. The first kappa shape index (κ1) is 12.3. The van der Waals surface area contributed by atoms with E-state index in [1.807, 2.05) is 0 Å². The van der Waals surface area contributed by atoms with Gasteiger partial charge in [0.05, 0.1) is 20.3 Å². The van der Waals surface area contributed by atoms with Crippen molar-refractivity contribution in [2.75, 3.05) is 32.7 Å². The molecule has 0 aromatic carbocycles. The van der Waals surface area contributed by atoms with Crippen LogP contribution in [-0.4, -0.2) is 55.6 Å². The first-order chi connectivity index (χ1) is 7.19. The molecule has 15 heavy (non-hydrogen) atoms. The molecule has 1 aliphatic heterocycles. The lowest BCUT2D eigenvalue weighted by atomic mass is 10.2. The minimum Gasteiger partial charge on any atom is -0.467 e. The topological polar surface area (TPSA) is 55.8 Å². The van der Waals surface area contributed by atoms with E-state index in [2.05, 4.69) is 4.74 Å². The molecule has 0 aromatic heterocycles. The first-order valence-corrected chi connectivity index (χ1v) is 5.25. The van der Waals surface area contributed by atoms with Crippen molar-refractivity contribution in [3.8, 4) is 0 Å². The number of nitrogens with zero attached hydrogens (tertiary/aromatic N) is 1. The van der Waals surface area contributed by atoms with E-state index >= 15 is 0 Å². The van der Waals surface area contributed by atoms with Gasteiger partial charge in [-0.15, -0.1) is 11.6 Å². The lowest BCUT2D eigenvalue weighted by Gasteiger charge is -2.31. The number of halogens is 1. The van der Waals surface area contributed by atoms with E-state index in [1.54, 1.807) is 4.90 Å². The first-order valence-electron chi connectivity index (χ1n) is 4.72. The normalized spacial score (nSPS) is 21.2. The maximum absolute atomic E-state index is 11.5. The molecule has 1 saturated heterocycles. The molecule has 1 aliphatic rings. The number of hydrogen-bond acceptors (Lipinski definition) is 4. The summed E-state index contributed by atoms with van der Waals surface area (Å²) in [7, 11) is 1.30. The monoisotopic (exact) mass is 235 g/mol. The number of alkyl halides is 1. The summed E-state index contributed by atoms with van der Waals surface area (Å²) >= 11 is 5.47. The average Bonchev–Trinajstić information content (AvgIpc) is 2.28. The molecule has 0 aliphatic carbocycles. The SMILES string of the molecule is COC(=O)C1CN(C(=O)CCCl)CCO1. The summed E-state index contributed by atoms with van der Waals surface area (Å²) in [6.07, 6.45) is -0.377. The molecule has 0 bridgehead atoms. The molecule has 0 spiro atoms. The van der Waals surface area contributed by atoms with Gasteiger partial charge in [-0.25, -0.2) is 4.79 Å². The van der Waals surface area contributed by atoms with E-state index in [0.29, 0.717) is 19.0 Å². The summed E-state index contributed by atoms with van der Waals surface area (Å²) in [6.45, 7) is 1.11. The molecule has 0 N–H and O–H groups in total. The Balaban J connectivity index is 2.48. The standard InChI is InChI=1S/C9H14ClNO4/c1-14-9(13)7-6-11(4-5-15-7)8(12)2-3-10/h7H,2-6H2,1H3. The Morgan fingerprint density at radius 2 is 2.33 bits per heavy atom. The van der Waals surface area contributed by atoms with Gasteiger partial charge < -0.3 is 14.4 Å². The molecule has 5 nitrogen and oxygen atoms in total. The highest BCUT2D eigenvalue weighted by molar-refractivity contribution is 6.18. The molecule has 0 saturated carbocycles. The summed E-state index contributed by atoms with van der Waals surface area (Å²) in [5.74, 6) is -0.209. The third-order valence-electron chi connectivity index (χ3n) is 2.19. The zero-order chi connectivity index (χ0) is 11.3. The number of morpholine rings is 1. The molecule has 86 valence electrons. The molecular weight excluding hydrogens is 222 g/mol. The molecule has 1 heterocycles. The third-order valence-corrected chi connectivity index (χ3v) is 2.38. The Labute approximate surface area is 93.3 Å². The highest BCUT2D eigenvalue weighted by atomic mass is 35.5. The van der Waals surface area contributed by atoms with Crippen molar-refractivity contribution in [1.82, 2.24) is 4.90 Å². The number of ether oxygens (including phenoxy) is 2. The molecule has 0 radical (unpaired) electrons. The van der Waals surface area contributed by atoms with Gasteiger partial charge in [-0.2, -0.15) is 0 Å². The Morgan fingerprint density at radius 1 is 1.60 bits per heavy atom. The lowest BCUT2D eigenvalue weighted by Crippen LogP contribution is -2.48. The average molecular weight is 236 g/mol. The van der Waals surface area contributed by atoms with E-state index < -0.39 is 12.1 Å². The van der Waals surface area contributed by atoms with Gasteiger partial charge in [0.2, 0.25) is 5.91 Å². The number of hydrogen-bond donors (Lipinski definition) is 0. The van der Waals surface area contributed by atoms with Crippen molar-refractivity contribution < 1.29 is 19.1 Å². The summed E-state index contributed by atoms with van der Waals surface area (Å²) < 4.78 is 9.74. The molecular formula is C9H14ClNO4. The second kappa shape index (κ2) is 5.92. The van der Waals surface area contributed by atoms with Crippen LogP contribution in [0.2, 0.25) is 0 Å². The number of carbonyl (C=O) groups excluding carboxylic acids is 2. The molecule has 1 amide bonds. The van der Waals surface area contributed by atoms with Crippen molar-refractivity contribution in [1.29, 1.82) is 0 Å². The van der Waals surface area contributed by atoms with E-state index in [1.165, 1.54) is 7.11 Å². The van der Waals surface area contributed by atoms with Gasteiger partial charge in [-0.3, -0.25) is 4.79 Å². The Bertz CT molecular complexity index is 246. The fraction of sp³-hybridized carbons (Fsp3) is 0.778. The molecule has 1 atom stereocenters. The number of methoxy groups -OCH3 is 1. The fourth-order valence-electron chi connectivity index (χ4n) is 1.39. The van der Waals surface area contributed by atoms with Gasteiger partial charge in [0.25, 0.3) is 0 Å². The Hall–Kier alpha value is -0.810. The summed E-state index contributed by atoms with van der Waals surface area (Å²) in [5.41, 5.74) is 0. The largest absolute Gasteiger partial charge is 0.467 e. The van der Waals surface area contributed by atoms with Gasteiger partial charge in [-0.1, -0.05) is 0 Å². The predicted molar refractivity (Wildman–Crippen MR) is 53.7 cm³/mol. The zero-order valence-electron chi connectivity index (χ0n) is 8.57. The van der Waals surface area contributed by atoms with Crippen LogP contribution in [0.15, 0.2) is 0 Å². The van der Waals surface area contributed by atoms with Gasteiger partial charge in [0.1, 0.15) is 0 Å². The highest BCUT2D eigenvalue weighted by Crippen LogP contribution is 2.08. The second-order valence-corrected chi connectivity index (χ2v) is 3.54. The van der Waals surface area contributed by atoms with E-state index in [-0.39, 0.29) is 18.9 Å². The van der Waals surface area contributed by atoms with Crippen LogP contribution in [0.3, 0.4) is 0 Å². The van der Waals surface area contributed by atoms with Crippen LogP contribution in [0.5, 0.6) is 0 Å². The van der Waals surface area contributed by atoms with E-state index in [0.717, 1.165) is 0 Å². The lowest BCUT2D eigenvalue weighted by molar-refractivity contribution is -0.162. The number of carbonyl (C=O) groups is 2. The second-order valence-electron chi connectivity index (χ2n) is 3.16. The van der Waals surface area contributed by atoms with Crippen LogP contribution >= 0.6 is 11.6 Å². The minimum absolute atomic E-state index is 0.0535. The smallest absolute Gasteiger partial charge is 0.336 e. The van der Waals surface area contributed by atoms with Crippen LogP contribution < -0.4 is 0 Å². The molecule has 1 rings (SSSR count). The van der Waals surface area contributed by atoms with Crippen molar-refractivity contribution in [3.63, 3.8) is 0 Å². The van der Waals surface area contributed by atoms with Gasteiger partial charge >= 0.3 is 5.97 Å². The van der Waals surface area contributed by atoms with Crippen molar-refractivity contribution in [2.24, 2.45) is 0 Å². The third kappa shape index (κ3) is 3.35. The predicted octanol–water partition coefficient (Wildman–Crippen LogP) is 0.0157. The van der Waals surface area contributed by atoms with Gasteiger partial charge in [-0.05, 0) is 0 Å². The quantitative estimate of drug-likeness (QED) is 0.511. The summed E-state index contributed by atoms with van der Waals surface area (Å²) in [6, 6.07) is 0. The molecule has 1 fully saturated rings. The maximum atomic E-state index is 11.5. The van der Waals surface area contributed by atoms with Crippen LogP contribution in [0.1, 0.15) is 6.42 Å². The minimum atomic E-state index is -0.664. The van der Waals surface area contributed by atoms with Crippen LogP contribution in [0, 0.1) is 0 Å². The molecule has 6 heteroatoms.